The minimum Gasteiger partial charge on any atom is -0.344 e. The van der Waals surface area contributed by atoms with E-state index < -0.39 is 22.2 Å². The van der Waals surface area contributed by atoms with Crippen LogP contribution in [0.4, 0.5) is 5.82 Å². The summed E-state index contributed by atoms with van der Waals surface area (Å²) in [7, 11) is -2.20. The molecule has 1 aliphatic rings. The van der Waals surface area contributed by atoms with Crippen molar-refractivity contribution in [3.63, 3.8) is 0 Å². The number of amides is 1. The molecule has 0 saturated heterocycles. The quantitative estimate of drug-likeness (QED) is 0.214. The Morgan fingerprint density at radius 2 is 1.89 bits per heavy atom. The third-order valence-electron chi connectivity index (χ3n) is 7.93. The van der Waals surface area contributed by atoms with Crippen molar-refractivity contribution in [1.29, 1.82) is 0 Å². The summed E-state index contributed by atoms with van der Waals surface area (Å²) in [5, 5.41) is 12.8. The third kappa shape index (κ3) is 5.31. The van der Waals surface area contributed by atoms with Crippen molar-refractivity contribution in [3.05, 3.63) is 117 Å². The number of anilines is 1. The van der Waals surface area contributed by atoms with Crippen LogP contribution in [0.5, 0.6) is 0 Å². The van der Waals surface area contributed by atoms with Crippen molar-refractivity contribution >= 4 is 38.4 Å². The molecule has 0 aliphatic heterocycles. The lowest BCUT2D eigenvalue weighted by Crippen LogP contribution is -2.36. The smallest absolute Gasteiger partial charge is 0.300 e. The summed E-state index contributed by atoms with van der Waals surface area (Å²) in [5.74, 6) is 5.50. The Morgan fingerprint density at radius 1 is 1.09 bits per heavy atom. The zero-order valence-electron chi connectivity index (χ0n) is 25.6. The van der Waals surface area contributed by atoms with Crippen LogP contribution in [0.1, 0.15) is 58.2 Å². The molecule has 14 heteroatoms. The number of aryl methyl sites for hydroxylation is 1. The van der Waals surface area contributed by atoms with Gasteiger partial charge >= 0.3 is 0 Å². The Kier molecular flexibility index (Phi) is 7.34. The third-order valence-corrected chi connectivity index (χ3v) is 9.06. The molecule has 0 spiro atoms. The molecule has 7 rings (SSSR count). The van der Waals surface area contributed by atoms with E-state index in [0.717, 1.165) is 22.1 Å². The van der Waals surface area contributed by atoms with Crippen LogP contribution in [0.15, 0.2) is 78.1 Å². The molecule has 4 aromatic heterocycles. The molecule has 13 nitrogen and oxygen atoms in total. The van der Waals surface area contributed by atoms with Crippen molar-refractivity contribution in [2.24, 2.45) is 7.05 Å². The standard InChI is InChI=1S/C33H29N9O4S/c1-4-36-47(45,46)39-30-28(31-34-15-8-16-41(31)38-30)32(43)37-20(2)29-25-17-23-14-13-22(12-11-21-18-35-40(3)19-21)27(26(23)25)33(44)42(29)24-9-6-5-7-10-24/h5-10,13-16,18-20,36H,4,17H2,1-3H3,(H,37,43)(H,38,39)/t20-/m1/s1. The van der Waals surface area contributed by atoms with E-state index in [1.165, 1.54) is 10.7 Å². The molecular formula is C33H29N9O4S. The summed E-state index contributed by atoms with van der Waals surface area (Å²) in [6.45, 7) is 3.57. The number of carbonyl (C=O) groups is 1. The second-order valence-corrected chi connectivity index (χ2v) is 12.6. The van der Waals surface area contributed by atoms with Crippen LogP contribution in [0.25, 0.3) is 22.1 Å². The van der Waals surface area contributed by atoms with Gasteiger partial charge in [-0.25, -0.2) is 9.50 Å². The molecule has 0 saturated carbocycles. The number of para-hydroxylation sites is 1. The lowest BCUT2D eigenvalue weighted by atomic mass is 9.81. The Bertz CT molecular complexity index is 2450. The molecule has 0 fully saturated rings. The molecular weight excluding hydrogens is 618 g/mol. The Balaban J connectivity index is 1.35. The average molecular weight is 648 g/mol. The molecule has 6 aromatic rings. The minimum absolute atomic E-state index is 0.0550. The summed E-state index contributed by atoms with van der Waals surface area (Å²) in [4.78, 5) is 32.8. The van der Waals surface area contributed by atoms with Crippen LogP contribution >= 0.6 is 0 Å². The van der Waals surface area contributed by atoms with Gasteiger partial charge in [0, 0.05) is 49.9 Å². The van der Waals surface area contributed by atoms with E-state index in [1.807, 2.05) is 55.7 Å². The topological polar surface area (TPSA) is 157 Å². The number of rotatable bonds is 8. The van der Waals surface area contributed by atoms with E-state index in [9.17, 15) is 18.0 Å². The maximum Gasteiger partial charge on any atom is 0.300 e. The number of carbonyl (C=O) groups excluding carboxylic acids is 1. The zero-order valence-corrected chi connectivity index (χ0v) is 26.5. The fourth-order valence-corrected chi connectivity index (χ4v) is 6.83. The largest absolute Gasteiger partial charge is 0.344 e. The van der Waals surface area contributed by atoms with Gasteiger partial charge in [-0.2, -0.15) is 18.2 Å². The molecule has 0 bridgehead atoms. The van der Waals surface area contributed by atoms with Gasteiger partial charge in [0.1, 0.15) is 5.56 Å². The van der Waals surface area contributed by atoms with E-state index >= 15 is 0 Å². The van der Waals surface area contributed by atoms with Crippen molar-refractivity contribution in [2.75, 3.05) is 11.3 Å². The van der Waals surface area contributed by atoms with Crippen molar-refractivity contribution < 1.29 is 13.2 Å². The Morgan fingerprint density at radius 3 is 2.64 bits per heavy atom. The van der Waals surface area contributed by atoms with Gasteiger partial charge in [-0.05, 0) is 47.7 Å². The summed E-state index contributed by atoms with van der Waals surface area (Å²) in [5.41, 5.74) is 4.36. The molecule has 1 aliphatic carbocycles. The molecule has 3 N–H and O–H groups in total. The van der Waals surface area contributed by atoms with Crippen LogP contribution in [0, 0.1) is 11.8 Å². The first-order valence-corrected chi connectivity index (χ1v) is 16.3. The first kappa shape index (κ1) is 29.9. The monoisotopic (exact) mass is 647 g/mol. The molecule has 1 atom stereocenters. The summed E-state index contributed by atoms with van der Waals surface area (Å²) in [6, 6.07) is 14.0. The molecule has 236 valence electrons. The van der Waals surface area contributed by atoms with Gasteiger partial charge < -0.3 is 5.32 Å². The van der Waals surface area contributed by atoms with Gasteiger partial charge in [0.25, 0.3) is 21.7 Å². The van der Waals surface area contributed by atoms with Gasteiger partial charge in [0.05, 0.1) is 28.9 Å². The van der Waals surface area contributed by atoms with Crippen LogP contribution in [0.3, 0.4) is 0 Å². The normalized spacial score (nSPS) is 12.7. The second kappa shape index (κ2) is 11.5. The first-order valence-electron chi connectivity index (χ1n) is 14.9. The van der Waals surface area contributed by atoms with E-state index in [0.29, 0.717) is 28.8 Å². The van der Waals surface area contributed by atoms with Crippen molar-refractivity contribution in [1.82, 2.24) is 39.0 Å². The average Bonchev–Trinajstić information content (AvgIpc) is 3.62. The van der Waals surface area contributed by atoms with E-state index in [4.69, 9.17) is 0 Å². The predicted molar refractivity (Wildman–Crippen MR) is 177 cm³/mol. The molecule has 47 heavy (non-hydrogen) atoms. The van der Waals surface area contributed by atoms with Gasteiger partial charge in [-0.3, -0.25) is 23.6 Å². The van der Waals surface area contributed by atoms with Gasteiger partial charge in [0.2, 0.25) is 0 Å². The molecule has 4 heterocycles. The maximum atomic E-state index is 14.5. The van der Waals surface area contributed by atoms with Gasteiger partial charge in [0.15, 0.2) is 11.5 Å². The summed E-state index contributed by atoms with van der Waals surface area (Å²) >= 11 is 0. The molecule has 0 radical (unpaired) electrons. The van der Waals surface area contributed by atoms with Crippen LogP contribution in [-0.4, -0.2) is 49.8 Å². The number of nitrogens with zero attached hydrogens (tertiary/aromatic N) is 6. The zero-order chi connectivity index (χ0) is 32.9. The number of aromatic nitrogens is 6. The van der Waals surface area contributed by atoms with Gasteiger partial charge in [-0.1, -0.05) is 43.0 Å². The fourth-order valence-electron chi connectivity index (χ4n) is 5.98. The van der Waals surface area contributed by atoms with Gasteiger partial charge in [-0.15, -0.1) is 5.10 Å². The molecule has 2 aromatic carbocycles. The van der Waals surface area contributed by atoms with Crippen LogP contribution < -0.4 is 20.3 Å². The highest BCUT2D eigenvalue weighted by Crippen LogP contribution is 2.39. The first-order chi connectivity index (χ1) is 22.6. The lowest BCUT2D eigenvalue weighted by molar-refractivity contribution is 0.0941. The molecule has 0 unspecified atom stereocenters. The summed E-state index contributed by atoms with van der Waals surface area (Å²) in [6.07, 6.45) is 7.12. The number of hydrogen-bond donors (Lipinski definition) is 3. The van der Waals surface area contributed by atoms with Crippen molar-refractivity contribution in [3.8, 4) is 17.5 Å². The Labute approximate surface area is 269 Å². The predicted octanol–water partition coefficient (Wildman–Crippen LogP) is 2.83. The molecule has 1 amide bonds. The van der Waals surface area contributed by atoms with E-state index in [-0.39, 0.29) is 29.1 Å². The number of benzene rings is 2. The minimum atomic E-state index is -4.01. The number of nitrogens with one attached hydrogen (secondary N) is 3. The van der Waals surface area contributed by atoms with E-state index in [2.05, 4.69) is 41.8 Å². The highest BCUT2D eigenvalue weighted by atomic mass is 32.2. The Hall–Kier alpha value is -5.78. The number of pyridine rings is 1. The highest BCUT2D eigenvalue weighted by Gasteiger charge is 2.32. The lowest BCUT2D eigenvalue weighted by Gasteiger charge is -2.30. The summed E-state index contributed by atoms with van der Waals surface area (Å²) < 4.78 is 34.5. The maximum absolute atomic E-state index is 14.5. The highest BCUT2D eigenvalue weighted by molar-refractivity contribution is 7.90. The fraction of sp³-hybridized carbons (Fsp3) is 0.182. The van der Waals surface area contributed by atoms with E-state index in [1.54, 1.807) is 41.6 Å². The van der Waals surface area contributed by atoms with Crippen molar-refractivity contribution in [2.45, 2.75) is 26.3 Å². The number of fused-ring (bicyclic) bond motifs is 1. The van der Waals surface area contributed by atoms with Crippen LogP contribution in [0.2, 0.25) is 0 Å². The number of hydrogen-bond acceptors (Lipinski definition) is 7. The second-order valence-electron chi connectivity index (χ2n) is 11.1. The SMILES string of the molecule is CCNS(=O)(=O)Nc1nn2cccnc2c1C(=O)N[C@H](C)c1c2c3c(ccc(C#Cc4cnn(C)c4)c3c(=O)n1-c1ccccc1)C2. The van der Waals surface area contributed by atoms with Crippen LogP contribution in [-0.2, 0) is 23.7 Å².